The quantitative estimate of drug-likeness (QED) is 0.529. The van der Waals surface area contributed by atoms with E-state index in [4.69, 9.17) is 9.84 Å². The Labute approximate surface area is 171 Å². The topological polar surface area (TPSA) is 116 Å². The molecule has 3 aliphatic rings. The van der Waals surface area contributed by atoms with Crippen molar-refractivity contribution in [1.29, 1.82) is 0 Å². The van der Waals surface area contributed by atoms with Crippen molar-refractivity contribution in [2.24, 2.45) is 11.8 Å². The van der Waals surface area contributed by atoms with Gasteiger partial charge in [-0.05, 0) is 50.4 Å². The average Bonchev–Trinajstić information content (AvgIpc) is 3.22. The Morgan fingerprint density at radius 3 is 2.41 bits per heavy atom. The number of nitrogens with zero attached hydrogens (tertiary/aromatic N) is 1. The van der Waals surface area contributed by atoms with E-state index in [1.807, 2.05) is 0 Å². The first kappa shape index (κ1) is 21.6. The Morgan fingerprint density at radius 1 is 1.07 bits per heavy atom. The zero-order chi connectivity index (χ0) is 20.8. The number of carboxylic acid groups (broad SMARTS) is 1. The van der Waals surface area contributed by atoms with Crippen molar-refractivity contribution < 1.29 is 29.3 Å². The number of aliphatic hydroxyl groups is 1. The standard InChI is InChI=1S/C21H32N2O6/c24-17-9-10-23(21(28)19(17)20(27)22-11-18(25)26)12-14-5-7-16(8-6-14)29-13-15-3-1-2-4-15/h14-16,24H,1-13H2,(H,22,27)(H,25,26). The highest BCUT2D eigenvalue weighted by molar-refractivity contribution is 6.19. The molecule has 162 valence electrons. The van der Waals surface area contributed by atoms with Gasteiger partial charge in [-0.1, -0.05) is 12.8 Å². The van der Waals surface area contributed by atoms with E-state index < -0.39 is 24.3 Å². The summed E-state index contributed by atoms with van der Waals surface area (Å²) in [4.78, 5) is 37.0. The molecule has 29 heavy (non-hydrogen) atoms. The summed E-state index contributed by atoms with van der Waals surface area (Å²) in [6.07, 6.45) is 9.69. The number of aliphatic hydroxyl groups excluding tert-OH is 1. The lowest BCUT2D eigenvalue weighted by Crippen LogP contribution is -2.45. The molecule has 1 heterocycles. The second-order valence-electron chi connectivity index (χ2n) is 8.53. The molecule has 3 rings (SSSR count). The van der Waals surface area contributed by atoms with Crippen molar-refractivity contribution in [1.82, 2.24) is 10.2 Å². The first-order valence-electron chi connectivity index (χ1n) is 10.8. The Bertz CT molecular complexity index is 648. The molecular weight excluding hydrogens is 376 g/mol. The number of carboxylic acids is 1. The van der Waals surface area contributed by atoms with Gasteiger partial charge in [0.25, 0.3) is 11.8 Å². The van der Waals surface area contributed by atoms with Gasteiger partial charge in [-0.15, -0.1) is 0 Å². The number of ether oxygens (including phenoxy) is 1. The van der Waals surface area contributed by atoms with Gasteiger partial charge >= 0.3 is 5.97 Å². The van der Waals surface area contributed by atoms with E-state index in [0.717, 1.165) is 38.2 Å². The van der Waals surface area contributed by atoms with E-state index in [9.17, 15) is 19.5 Å². The van der Waals surface area contributed by atoms with Crippen LogP contribution >= 0.6 is 0 Å². The van der Waals surface area contributed by atoms with Crippen LogP contribution in [0, 0.1) is 11.8 Å². The molecule has 2 aliphatic carbocycles. The molecule has 0 spiro atoms. The number of hydrogen-bond donors (Lipinski definition) is 3. The predicted octanol–water partition coefficient (Wildman–Crippen LogP) is 2.00. The number of rotatable bonds is 8. The van der Waals surface area contributed by atoms with Crippen molar-refractivity contribution in [2.75, 3.05) is 26.2 Å². The molecule has 2 fully saturated rings. The van der Waals surface area contributed by atoms with Gasteiger partial charge < -0.3 is 25.2 Å². The highest BCUT2D eigenvalue weighted by atomic mass is 16.5. The third kappa shape index (κ3) is 5.95. The number of nitrogens with one attached hydrogen (secondary N) is 1. The fourth-order valence-electron chi connectivity index (χ4n) is 4.64. The normalized spacial score (nSPS) is 26.1. The summed E-state index contributed by atoms with van der Waals surface area (Å²) in [7, 11) is 0. The minimum atomic E-state index is -1.20. The van der Waals surface area contributed by atoms with Crippen LogP contribution in [0.5, 0.6) is 0 Å². The zero-order valence-electron chi connectivity index (χ0n) is 16.9. The van der Waals surface area contributed by atoms with Gasteiger partial charge in [0, 0.05) is 26.1 Å². The van der Waals surface area contributed by atoms with Gasteiger partial charge in [0.1, 0.15) is 17.9 Å². The van der Waals surface area contributed by atoms with Gasteiger partial charge in [-0.2, -0.15) is 0 Å². The Hall–Kier alpha value is -2.09. The Balaban J connectivity index is 1.45. The van der Waals surface area contributed by atoms with Crippen LogP contribution in [0.2, 0.25) is 0 Å². The maximum Gasteiger partial charge on any atom is 0.322 e. The summed E-state index contributed by atoms with van der Waals surface area (Å²) in [5.41, 5.74) is -0.328. The lowest BCUT2D eigenvalue weighted by molar-refractivity contribution is -0.138. The summed E-state index contributed by atoms with van der Waals surface area (Å²) >= 11 is 0. The fourth-order valence-corrected chi connectivity index (χ4v) is 4.64. The second kappa shape index (κ2) is 10.1. The SMILES string of the molecule is O=C(O)CNC(=O)C1=C(O)CCN(CC2CCC(OCC3CCCC3)CC2)C1=O. The maximum atomic E-state index is 12.7. The van der Waals surface area contributed by atoms with Crippen LogP contribution in [-0.2, 0) is 19.1 Å². The van der Waals surface area contributed by atoms with Crippen LogP contribution < -0.4 is 5.32 Å². The van der Waals surface area contributed by atoms with Crippen LogP contribution in [0.4, 0.5) is 0 Å². The van der Waals surface area contributed by atoms with Crippen LogP contribution in [0.3, 0.4) is 0 Å². The Kier molecular flexibility index (Phi) is 7.52. The highest BCUT2D eigenvalue weighted by Gasteiger charge is 2.34. The fraction of sp³-hybridized carbons (Fsp3) is 0.762. The number of hydrogen-bond acceptors (Lipinski definition) is 5. The molecule has 0 radical (unpaired) electrons. The van der Waals surface area contributed by atoms with Crippen LogP contribution in [0.25, 0.3) is 0 Å². The molecule has 0 aromatic rings. The van der Waals surface area contributed by atoms with Crippen LogP contribution in [0.1, 0.15) is 57.8 Å². The molecule has 0 bridgehead atoms. The first-order valence-corrected chi connectivity index (χ1v) is 10.8. The summed E-state index contributed by atoms with van der Waals surface area (Å²) < 4.78 is 6.11. The van der Waals surface area contributed by atoms with E-state index in [2.05, 4.69) is 5.32 Å². The second-order valence-corrected chi connectivity index (χ2v) is 8.53. The van der Waals surface area contributed by atoms with Crippen LogP contribution in [-0.4, -0.2) is 65.2 Å². The summed E-state index contributed by atoms with van der Waals surface area (Å²) in [5.74, 6) is -1.74. The molecule has 0 saturated heterocycles. The maximum absolute atomic E-state index is 12.7. The predicted molar refractivity (Wildman–Crippen MR) is 105 cm³/mol. The molecular formula is C21H32N2O6. The molecule has 0 atom stereocenters. The average molecular weight is 408 g/mol. The third-order valence-corrected chi connectivity index (χ3v) is 6.35. The van der Waals surface area contributed by atoms with Gasteiger partial charge in [0.05, 0.1) is 6.10 Å². The smallest absolute Gasteiger partial charge is 0.322 e. The monoisotopic (exact) mass is 408 g/mol. The van der Waals surface area contributed by atoms with E-state index >= 15 is 0 Å². The third-order valence-electron chi connectivity index (χ3n) is 6.35. The molecule has 3 N–H and O–H groups in total. The van der Waals surface area contributed by atoms with Crippen molar-refractivity contribution in [3.05, 3.63) is 11.3 Å². The number of aliphatic carboxylic acids is 1. The van der Waals surface area contributed by atoms with Crippen molar-refractivity contribution in [2.45, 2.75) is 63.9 Å². The van der Waals surface area contributed by atoms with E-state index in [0.29, 0.717) is 25.1 Å². The van der Waals surface area contributed by atoms with E-state index in [1.54, 1.807) is 4.90 Å². The van der Waals surface area contributed by atoms with Crippen molar-refractivity contribution in [3.8, 4) is 0 Å². The molecule has 2 saturated carbocycles. The first-order chi connectivity index (χ1) is 13.9. The molecule has 1 aliphatic heterocycles. The zero-order valence-corrected chi connectivity index (χ0v) is 16.9. The molecule has 8 nitrogen and oxygen atoms in total. The van der Waals surface area contributed by atoms with Crippen LogP contribution in [0.15, 0.2) is 11.3 Å². The van der Waals surface area contributed by atoms with Crippen molar-refractivity contribution in [3.63, 3.8) is 0 Å². The van der Waals surface area contributed by atoms with Gasteiger partial charge in [-0.25, -0.2) is 0 Å². The highest BCUT2D eigenvalue weighted by Crippen LogP contribution is 2.31. The summed E-state index contributed by atoms with van der Waals surface area (Å²) in [6.45, 7) is 1.21. The van der Waals surface area contributed by atoms with E-state index in [-0.39, 0.29) is 17.8 Å². The lowest BCUT2D eigenvalue weighted by atomic mass is 9.86. The molecule has 0 aromatic carbocycles. The van der Waals surface area contributed by atoms with Gasteiger partial charge in [0.2, 0.25) is 0 Å². The molecule has 2 amide bonds. The van der Waals surface area contributed by atoms with Gasteiger partial charge in [0.15, 0.2) is 0 Å². The summed E-state index contributed by atoms with van der Waals surface area (Å²) in [6, 6.07) is 0. The molecule has 0 aromatic heterocycles. The number of carbonyl (C=O) groups is 3. The molecule has 0 unspecified atom stereocenters. The minimum absolute atomic E-state index is 0.210. The number of carbonyl (C=O) groups excluding carboxylic acids is 2. The van der Waals surface area contributed by atoms with E-state index in [1.165, 1.54) is 25.7 Å². The summed E-state index contributed by atoms with van der Waals surface area (Å²) in [5, 5.41) is 20.8. The van der Waals surface area contributed by atoms with Gasteiger partial charge in [-0.3, -0.25) is 14.4 Å². The minimum Gasteiger partial charge on any atom is -0.511 e. The van der Waals surface area contributed by atoms with Crippen molar-refractivity contribution >= 4 is 17.8 Å². The lowest BCUT2D eigenvalue weighted by Gasteiger charge is -2.35. The largest absolute Gasteiger partial charge is 0.511 e. The Morgan fingerprint density at radius 2 is 1.76 bits per heavy atom. The number of amides is 2. The molecule has 8 heteroatoms.